The normalized spacial score (nSPS) is 14.7. The predicted molar refractivity (Wildman–Crippen MR) is 81.4 cm³/mol. The maximum atomic E-state index is 11.2. The van der Waals surface area contributed by atoms with Crippen LogP contribution >= 0.6 is 0 Å². The van der Waals surface area contributed by atoms with Gasteiger partial charge in [0.25, 0.3) is 0 Å². The van der Waals surface area contributed by atoms with Crippen LogP contribution in [0.4, 0.5) is 0 Å². The van der Waals surface area contributed by atoms with Gasteiger partial charge in [0.2, 0.25) is 0 Å². The lowest BCUT2D eigenvalue weighted by molar-refractivity contribution is -0.142. The summed E-state index contributed by atoms with van der Waals surface area (Å²) in [5.41, 5.74) is 5.93. The maximum Gasteiger partial charge on any atom is 0.322 e. The monoisotopic (exact) mass is 343 g/mol. The number of aromatic amines is 1. The van der Waals surface area contributed by atoms with Gasteiger partial charge >= 0.3 is 17.9 Å². The number of aromatic nitrogens is 2. The summed E-state index contributed by atoms with van der Waals surface area (Å²) in [6.07, 6.45) is 3.07. The molecule has 134 valence electrons. The van der Waals surface area contributed by atoms with Crippen molar-refractivity contribution >= 4 is 17.9 Å². The topological polar surface area (TPSA) is 191 Å². The van der Waals surface area contributed by atoms with Crippen LogP contribution in [-0.4, -0.2) is 74.4 Å². The molecule has 0 aromatic carbocycles. The fraction of sp³-hybridized carbons (Fsp3) is 0.538. The molecule has 0 aliphatic carbocycles. The van der Waals surface area contributed by atoms with E-state index in [0.717, 1.165) is 0 Å². The molecule has 0 spiro atoms. The van der Waals surface area contributed by atoms with Gasteiger partial charge in [-0.15, -0.1) is 0 Å². The highest BCUT2D eigenvalue weighted by atomic mass is 16.4. The Hall–Kier alpha value is -2.50. The van der Waals surface area contributed by atoms with Crippen LogP contribution in [0.25, 0.3) is 0 Å². The Kier molecular flexibility index (Phi) is 7.82. The van der Waals surface area contributed by atoms with Crippen molar-refractivity contribution in [1.29, 1.82) is 0 Å². The van der Waals surface area contributed by atoms with Gasteiger partial charge in [0, 0.05) is 24.9 Å². The first-order valence-electron chi connectivity index (χ1n) is 7.19. The Bertz CT molecular complexity index is 549. The summed E-state index contributed by atoms with van der Waals surface area (Å²) in [6, 6.07) is -3.16. The highest BCUT2D eigenvalue weighted by Crippen LogP contribution is 1.99. The van der Waals surface area contributed by atoms with E-state index < -0.39 is 36.0 Å². The average molecular weight is 343 g/mol. The van der Waals surface area contributed by atoms with E-state index in [9.17, 15) is 19.5 Å². The third kappa shape index (κ3) is 6.73. The van der Waals surface area contributed by atoms with Crippen LogP contribution in [0, 0.1) is 0 Å². The highest BCUT2D eigenvalue weighted by Gasteiger charge is 2.23. The van der Waals surface area contributed by atoms with E-state index in [1.807, 2.05) is 0 Å². The molecule has 0 aliphatic heterocycles. The quantitative estimate of drug-likeness (QED) is 0.220. The van der Waals surface area contributed by atoms with E-state index >= 15 is 0 Å². The molecule has 1 heterocycles. The van der Waals surface area contributed by atoms with Crippen molar-refractivity contribution in [2.75, 3.05) is 13.1 Å². The Balaban J connectivity index is 2.49. The van der Waals surface area contributed by atoms with Crippen LogP contribution in [0.3, 0.4) is 0 Å². The van der Waals surface area contributed by atoms with Crippen LogP contribution in [0.15, 0.2) is 12.5 Å². The second-order valence-corrected chi connectivity index (χ2v) is 5.16. The van der Waals surface area contributed by atoms with Gasteiger partial charge in [0.1, 0.15) is 18.1 Å². The molecular weight excluding hydrogens is 322 g/mol. The minimum Gasteiger partial charge on any atom is -0.480 e. The van der Waals surface area contributed by atoms with Gasteiger partial charge < -0.3 is 36.7 Å². The van der Waals surface area contributed by atoms with Crippen molar-refractivity contribution in [2.24, 2.45) is 5.73 Å². The molecule has 1 rings (SSSR count). The molecule has 0 amide bonds. The Labute approximate surface area is 137 Å². The molecule has 0 saturated carbocycles. The van der Waals surface area contributed by atoms with Crippen LogP contribution in [-0.2, 0) is 20.8 Å². The summed E-state index contributed by atoms with van der Waals surface area (Å²) in [4.78, 5) is 39.6. The largest absolute Gasteiger partial charge is 0.480 e. The number of imidazole rings is 1. The van der Waals surface area contributed by atoms with Gasteiger partial charge in [-0.2, -0.15) is 0 Å². The Morgan fingerprint density at radius 1 is 1.12 bits per heavy atom. The molecule has 0 bridgehead atoms. The number of carboxylic acid groups (broad SMARTS) is 3. The van der Waals surface area contributed by atoms with Crippen molar-refractivity contribution in [2.45, 2.75) is 31.0 Å². The van der Waals surface area contributed by atoms with Gasteiger partial charge in [-0.3, -0.25) is 14.4 Å². The molecule has 0 aliphatic rings. The Morgan fingerprint density at radius 3 is 2.29 bits per heavy atom. The number of hydrogen-bond acceptors (Lipinski definition) is 7. The molecule has 0 saturated heterocycles. The number of aliphatic carboxylic acids is 3. The SMILES string of the molecule is N[C@H](CCN[C@@H](CN[C@@H](Cc1cnc[nH]1)C(=O)O)C(=O)O)C(=O)O. The first-order valence-corrected chi connectivity index (χ1v) is 7.19. The molecule has 8 N–H and O–H groups in total. The maximum absolute atomic E-state index is 11.2. The van der Waals surface area contributed by atoms with E-state index in [-0.39, 0.29) is 25.9 Å². The minimum atomic E-state index is -1.18. The standard InChI is InChI=1S/C13H21N5O6/c14-8(11(19)20)1-2-16-10(13(23)24)5-17-9(12(21)22)3-7-4-15-6-18-7/h4,6,8-10,16-17H,1-3,5,14H2,(H,15,18)(H,19,20)(H,21,22)(H,23,24)/t8-,9+,10+/m1/s1. The van der Waals surface area contributed by atoms with E-state index in [4.69, 9.17) is 15.9 Å². The molecule has 24 heavy (non-hydrogen) atoms. The lowest BCUT2D eigenvalue weighted by atomic mass is 10.1. The number of rotatable bonds is 12. The molecule has 1 aromatic heterocycles. The summed E-state index contributed by atoms with van der Waals surface area (Å²) in [7, 11) is 0. The van der Waals surface area contributed by atoms with Crippen LogP contribution in [0.5, 0.6) is 0 Å². The van der Waals surface area contributed by atoms with Gasteiger partial charge in [-0.1, -0.05) is 0 Å². The zero-order valence-corrected chi connectivity index (χ0v) is 12.8. The number of nitrogens with one attached hydrogen (secondary N) is 3. The summed E-state index contributed by atoms with van der Waals surface area (Å²) >= 11 is 0. The summed E-state index contributed by atoms with van der Waals surface area (Å²) in [5.74, 6) is -3.48. The number of H-pyrrole nitrogens is 1. The highest BCUT2D eigenvalue weighted by molar-refractivity contribution is 5.75. The number of carboxylic acids is 3. The van der Waals surface area contributed by atoms with Crippen molar-refractivity contribution in [3.05, 3.63) is 18.2 Å². The van der Waals surface area contributed by atoms with Crippen LogP contribution in [0.2, 0.25) is 0 Å². The van der Waals surface area contributed by atoms with Crippen molar-refractivity contribution in [3.8, 4) is 0 Å². The fourth-order valence-corrected chi connectivity index (χ4v) is 1.91. The van der Waals surface area contributed by atoms with Gasteiger partial charge in [-0.25, -0.2) is 4.98 Å². The molecular formula is C13H21N5O6. The molecule has 11 heteroatoms. The second-order valence-electron chi connectivity index (χ2n) is 5.16. The molecule has 1 aromatic rings. The molecule has 0 radical (unpaired) electrons. The zero-order chi connectivity index (χ0) is 18.1. The van der Waals surface area contributed by atoms with Crippen LogP contribution in [0.1, 0.15) is 12.1 Å². The van der Waals surface area contributed by atoms with E-state index in [1.165, 1.54) is 12.5 Å². The van der Waals surface area contributed by atoms with Gasteiger partial charge in [-0.05, 0) is 13.0 Å². The summed E-state index contributed by atoms with van der Waals surface area (Å²) < 4.78 is 0. The number of nitrogens with two attached hydrogens (primary N) is 1. The molecule has 11 nitrogen and oxygen atoms in total. The smallest absolute Gasteiger partial charge is 0.322 e. The Morgan fingerprint density at radius 2 is 1.79 bits per heavy atom. The second kappa shape index (κ2) is 9.60. The van der Waals surface area contributed by atoms with Crippen LogP contribution < -0.4 is 16.4 Å². The number of carbonyl (C=O) groups is 3. The zero-order valence-electron chi connectivity index (χ0n) is 12.8. The van der Waals surface area contributed by atoms with Crippen molar-refractivity contribution in [3.63, 3.8) is 0 Å². The summed E-state index contributed by atoms with van der Waals surface area (Å²) in [5, 5.41) is 32.3. The fourth-order valence-electron chi connectivity index (χ4n) is 1.91. The molecule has 0 unspecified atom stereocenters. The number of nitrogens with zero attached hydrogens (tertiary/aromatic N) is 1. The third-order valence-corrected chi connectivity index (χ3v) is 3.31. The van der Waals surface area contributed by atoms with E-state index in [1.54, 1.807) is 0 Å². The van der Waals surface area contributed by atoms with Crippen molar-refractivity contribution in [1.82, 2.24) is 20.6 Å². The van der Waals surface area contributed by atoms with E-state index in [0.29, 0.717) is 5.69 Å². The van der Waals surface area contributed by atoms with Gasteiger partial charge in [0.15, 0.2) is 0 Å². The van der Waals surface area contributed by atoms with Gasteiger partial charge in [0.05, 0.1) is 6.33 Å². The average Bonchev–Trinajstić information content (AvgIpc) is 3.01. The molecule has 0 fully saturated rings. The lowest BCUT2D eigenvalue weighted by Gasteiger charge is -2.19. The summed E-state index contributed by atoms with van der Waals surface area (Å²) in [6.45, 7) is -0.0762. The lowest BCUT2D eigenvalue weighted by Crippen LogP contribution is -2.50. The van der Waals surface area contributed by atoms with E-state index in [2.05, 4.69) is 20.6 Å². The third-order valence-electron chi connectivity index (χ3n) is 3.31. The number of hydrogen-bond donors (Lipinski definition) is 7. The first-order chi connectivity index (χ1) is 11.3. The van der Waals surface area contributed by atoms with Crippen molar-refractivity contribution < 1.29 is 29.7 Å². The predicted octanol–water partition coefficient (Wildman–Crippen LogP) is -2.16. The minimum absolute atomic E-state index is 0.0512. The first kappa shape index (κ1) is 19.5. The molecule has 3 atom stereocenters.